The Morgan fingerprint density at radius 3 is 2.45 bits per heavy atom. The zero-order valence-electron chi connectivity index (χ0n) is 11.5. The lowest BCUT2D eigenvalue weighted by Crippen LogP contribution is -2.28. The molecule has 104 valence electrons. The third-order valence-electron chi connectivity index (χ3n) is 3.32. The number of carbonyl (C=O) groups excluding carboxylic acids is 1. The number of amides is 1. The van der Waals surface area contributed by atoms with Gasteiger partial charge in [-0.05, 0) is 42.7 Å². The molecule has 2 aromatic carbocycles. The number of carbonyl (C=O) groups is 1. The molecule has 0 saturated heterocycles. The number of primary amides is 1. The van der Waals surface area contributed by atoms with Gasteiger partial charge in [-0.2, -0.15) is 0 Å². The maximum Gasteiger partial charge on any atom is 0.244 e. The topological polar surface area (TPSA) is 55.1 Å². The maximum absolute atomic E-state index is 13.7. The van der Waals surface area contributed by atoms with Gasteiger partial charge in [0.2, 0.25) is 5.91 Å². The highest BCUT2D eigenvalue weighted by Gasteiger charge is 2.19. The van der Waals surface area contributed by atoms with Gasteiger partial charge in [0.1, 0.15) is 11.9 Å². The standard InChI is InChI=1S/C16H17FN2O/c1-10-7-8-12(9-11(10)2)15(16(18)20)19-14-6-4-3-5-13(14)17/h3-9,15,19H,1-2H3,(H2,18,20). The summed E-state index contributed by atoms with van der Waals surface area (Å²) in [6, 6.07) is 11.1. The summed E-state index contributed by atoms with van der Waals surface area (Å²) in [5.74, 6) is -0.959. The van der Waals surface area contributed by atoms with Crippen LogP contribution in [-0.2, 0) is 4.79 Å². The highest BCUT2D eigenvalue weighted by molar-refractivity contribution is 5.84. The van der Waals surface area contributed by atoms with E-state index in [4.69, 9.17) is 5.73 Å². The van der Waals surface area contributed by atoms with Gasteiger partial charge >= 0.3 is 0 Å². The third kappa shape index (κ3) is 2.96. The van der Waals surface area contributed by atoms with Crippen molar-refractivity contribution >= 4 is 11.6 Å². The van der Waals surface area contributed by atoms with Crippen LogP contribution in [0.2, 0.25) is 0 Å². The molecule has 0 saturated carbocycles. The number of nitrogens with one attached hydrogen (secondary N) is 1. The SMILES string of the molecule is Cc1ccc(C(Nc2ccccc2F)C(N)=O)cc1C. The van der Waals surface area contributed by atoms with E-state index in [2.05, 4.69) is 5.32 Å². The number of hydrogen-bond donors (Lipinski definition) is 2. The molecule has 0 fully saturated rings. The average Bonchev–Trinajstić information content (AvgIpc) is 2.41. The summed E-state index contributed by atoms with van der Waals surface area (Å²) in [5.41, 5.74) is 8.60. The Bertz CT molecular complexity index is 640. The van der Waals surface area contributed by atoms with Gasteiger partial charge in [-0.1, -0.05) is 30.3 Å². The predicted octanol–water partition coefficient (Wildman–Crippen LogP) is 3.08. The Labute approximate surface area is 117 Å². The van der Waals surface area contributed by atoms with Crippen LogP contribution in [0.1, 0.15) is 22.7 Å². The van der Waals surface area contributed by atoms with Crippen molar-refractivity contribution in [2.75, 3.05) is 5.32 Å². The number of rotatable bonds is 4. The van der Waals surface area contributed by atoms with Crippen molar-refractivity contribution in [3.8, 4) is 0 Å². The first-order valence-electron chi connectivity index (χ1n) is 6.36. The Balaban J connectivity index is 2.34. The summed E-state index contributed by atoms with van der Waals surface area (Å²) in [5, 5.41) is 2.86. The highest BCUT2D eigenvalue weighted by Crippen LogP contribution is 2.23. The fourth-order valence-electron chi connectivity index (χ4n) is 2.00. The molecule has 0 heterocycles. The largest absolute Gasteiger partial charge is 0.368 e. The third-order valence-corrected chi connectivity index (χ3v) is 3.32. The Morgan fingerprint density at radius 1 is 1.15 bits per heavy atom. The zero-order valence-corrected chi connectivity index (χ0v) is 11.5. The second-order valence-electron chi connectivity index (χ2n) is 4.80. The number of para-hydroxylation sites is 1. The Kier molecular flexibility index (Phi) is 4.03. The molecule has 0 bridgehead atoms. The summed E-state index contributed by atoms with van der Waals surface area (Å²) in [6.45, 7) is 3.95. The van der Waals surface area contributed by atoms with Crippen molar-refractivity contribution in [3.63, 3.8) is 0 Å². The smallest absolute Gasteiger partial charge is 0.244 e. The van der Waals surface area contributed by atoms with Crippen molar-refractivity contribution in [1.82, 2.24) is 0 Å². The number of benzene rings is 2. The maximum atomic E-state index is 13.7. The van der Waals surface area contributed by atoms with Crippen LogP contribution in [0.4, 0.5) is 10.1 Å². The van der Waals surface area contributed by atoms with Gasteiger partial charge in [0.05, 0.1) is 5.69 Å². The van der Waals surface area contributed by atoms with E-state index >= 15 is 0 Å². The van der Waals surface area contributed by atoms with E-state index in [-0.39, 0.29) is 5.69 Å². The summed E-state index contributed by atoms with van der Waals surface area (Å²) < 4.78 is 13.7. The second-order valence-corrected chi connectivity index (χ2v) is 4.80. The fraction of sp³-hybridized carbons (Fsp3) is 0.188. The van der Waals surface area contributed by atoms with Crippen molar-refractivity contribution in [2.45, 2.75) is 19.9 Å². The van der Waals surface area contributed by atoms with Crippen LogP contribution in [0.5, 0.6) is 0 Å². The van der Waals surface area contributed by atoms with Crippen LogP contribution in [0.15, 0.2) is 42.5 Å². The lowest BCUT2D eigenvalue weighted by Gasteiger charge is -2.18. The Morgan fingerprint density at radius 2 is 1.85 bits per heavy atom. The normalized spacial score (nSPS) is 11.9. The average molecular weight is 272 g/mol. The molecule has 3 N–H and O–H groups in total. The minimum Gasteiger partial charge on any atom is -0.368 e. The van der Waals surface area contributed by atoms with Crippen LogP contribution >= 0.6 is 0 Å². The highest BCUT2D eigenvalue weighted by atomic mass is 19.1. The molecule has 0 aromatic heterocycles. The van der Waals surface area contributed by atoms with E-state index in [1.54, 1.807) is 18.2 Å². The zero-order chi connectivity index (χ0) is 14.7. The first-order chi connectivity index (χ1) is 9.49. The number of anilines is 1. The molecule has 1 amide bonds. The molecule has 2 aromatic rings. The lowest BCUT2D eigenvalue weighted by molar-refractivity contribution is -0.118. The summed E-state index contributed by atoms with van der Waals surface area (Å²) in [6.07, 6.45) is 0. The van der Waals surface area contributed by atoms with Crippen LogP contribution in [-0.4, -0.2) is 5.91 Å². The second kappa shape index (κ2) is 5.74. The van der Waals surface area contributed by atoms with Crippen LogP contribution in [0.25, 0.3) is 0 Å². The molecule has 0 spiro atoms. The summed E-state index contributed by atoms with van der Waals surface area (Å²) >= 11 is 0. The summed E-state index contributed by atoms with van der Waals surface area (Å²) in [7, 11) is 0. The number of halogens is 1. The molecule has 0 radical (unpaired) electrons. The van der Waals surface area contributed by atoms with Crippen molar-refractivity contribution in [1.29, 1.82) is 0 Å². The van der Waals surface area contributed by atoms with Crippen molar-refractivity contribution in [2.24, 2.45) is 5.73 Å². The van der Waals surface area contributed by atoms with Gasteiger partial charge in [-0.3, -0.25) is 4.79 Å². The number of nitrogens with two attached hydrogens (primary N) is 1. The molecular formula is C16H17FN2O. The quantitative estimate of drug-likeness (QED) is 0.898. The van der Waals surface area contributed by atoms with E-state index < -0.39 is 17.8 Å². The lowest BCUT2D eigenvalue weighted by atomic mass is 10.0. The first kappa shape index (κ1) is 14.1. The molecule has 0 aliphatic carbocycles. The van der Waals surface area contributed by atoms with Crippen molar-refractivity contribution < 1.29 is 9.18 Å². The van der Waals surface area contributed by atoms with Gasteiger partial charge in [-0.15, -0.1) is 0 Å². The molecule has 4 heteroatoms. The molecule has 0 aliphatic heterocycles. The molecule has 3 nitrogen and oxygen atoms in total. The van der Waals surface area contributed by atoms with Gasteiger partial charge in [0.25, 0.3) is 0 Å². The van der Waals surface area contributed by atoms with Crippen LogP contribution < -0.4 is 11.1 Å². The van der Waals surface area contributed by atoms with Gasteiger partial charge < -0.3 is 11.1 Å². The van der Waals surface area contributed by atoms with Gasteiger partial charge in [0, 0.05) is 0 Å². The van der Waals surface area contributed by atoms with E-state index in [0.717, 1.165) is 16.7 Å². The van der Waals surface area contributed by atoms with Crippen LogP contribution in [0.3, 0.4) is 0 Å². The molecule has 1 unspecified atom stereocenters. The van der Waals surface area contributed by atoms with Crippen LogP contribution in [0, 0.1) is 19.7 Å². The minimum atomic E-state index is -0.758. The van der Waals surface area contributed by atoms with E-state index in [0.29, 0.717) is 0 Å². The van der Waals surface area contributed by atoms with Crippen molar-refractivity contribution in [3.05, 3.63) is 65.0 Å². The predicted molar refractivity (Wildman–Crippen MR) is 77.9 cm³/mol. The molecular weight excluding hydrogens is 255 g/mol. The van der Waals surface area contributed by atoms with E-state index in [1.165, 1.54) is 6.07 Å². The first-order valence-corrected chi connectivity index (χ1v) is 6.36. The van der Waals surface area contributed by atoms with Gasteiger partial charge in [0.15, 0.2) is 0 Å². The number of aryl methyl sites for hydroxylation is 2. The fourth-order valence-corrected chi connectivity index (χ4v) is 2.00. The van der Waals surface area contributed by atoms with E-state index in [1.807, 2.05) is 32.0 Å². The minimum absolute atomic E-state index is 0.259. The van der Waals surface area contributed by atoms with E-state index in [9.17, 15) is 9.18 Å². The molecule has 0 aliphatic rings. The molecule has 20 heavy (non-hydrogen) atoms. The monoisotopic (exact) mass is 272 g/mol. The number of hydrogen-bond acceptors (Lipinski definition) is 2. The van der Waals surface area contributed by atoms with Gasteiger partial charge in [-0.25, -0.2) is 4.39 Å². The Hall–Kier alpha value is -2.36. The summed E-state index contributed by atoms with van der Waals surface area (Å²) in [4.78, 5) is 11.6. The molecule has 2 rings (SSSR count). The molecule has 1 atom stereocenters.